The third-order valence-corrected chi connectivity index (χ3v) is 4.39. The van der Waals surface area contributed by atoms with Gasteiger partial charge in [-0.3, -0.25) is 9.69 Å². The summed E-state index contributed by atoms with van der Waals surface area (Å²) in [7, 11) is 0. The van der Waals surface area contributed by atoms with Crippen molar-refractivity contribution >= 4 is 32.7 Å². The summed E-state index contributed by atoms with van der Waals surface area (Å²) in [5.74, 6) is 0.132. The van der Waals surface area contributed by atoms with Crippen LogP contribution in [-0.2, 0) is 0 Å². The summed E-state index contributed by atoms with van der Waals surface area (Å²) in [5, 5.41) is 0.648. The number of hydrogen-bond donors (Lipinski definition) is 0. The van der Waals surface area contributed by atoms with Crippen LogP contribution >= 0.6 is 11.3 Å². The van der Waals surface area contributed by atoms with Gasteiger partial charge in [-0.2, -0.15) is 4.98 Å². The topological polar surface area (TPSA) is 59.2 Å². The molecule has 21 heavy (non-hydrogen) atoms. The number of aryl methyl sites for hydroxylation is 2. The van der Waals surface area contributed by atoms with Crippen molar-refractivity contribution in [2.45, 2.75) is 20.8 Å². The number of carbonyl (C=O) groups excluding carboxylic acids is 1. The number of thiazole rings is 1. The number of fused-ring (bicyclic) bond motifs is 1. The molecule has 0 unspecified atom stereocenters. The first-order chi connectivity index (χ1) is 10.1. The number of furan rings is 1. The first-order valence-corrected chi connectivity index (χ1v) is 7.52. The number of aromatic nitrogens is 2. The average molecular weight is 301 g/mol. The third-order valence-electron chi connectivity index (χ3n) is 3.19. The molecule has 3 rings (SSSR count). The van der Waals surface area contributed by atoms with E-state index in [4.69, 9.17) is 4.42 Å². The number of hydrogen-bond acceptors (Lipinski definition) is 5. The normalized spacial score (nSPS) is 11.0. The lowest BCUT2D eigenvalue weighted by atomic mass is 10.2. The average Bonchev–Trinajstić information content (AvgIpc) is 3.08. The second-order valence-corrected chi connectivity index (χ2v) is 5.73. The van der Waals surface area contributed by atoms with Crippen LogP contribution in [0, 0.1) is 13.8 Å². The molecule has 0 radical (unpaired) electrons. The SMILES string of the molecule is CCN(C(=O)c1ccco1)c1nc2nc(C)cc(C)c2s1. The molecule has 108 valence electrons. The molecule has 0 saturated heterocycles. The quantitative estimate of drug-likeness (QED) is 0.742. The molecule has 3 aromatic heterocycles. The lowest BCUT2D eigenvalue weighted by molar-refractivity contribution is 0.0961. The Bertz CT molecular complexity index is 793. The van der Waals surface area contributed by atoms with E-state index in [0.717, 1.165) is 16.0 Å². The van der Waals surface area contributed by atoms with E-state index in [0.29, 0.717) is 23.1 Å². The van der Waals surface area contributed by atoms with Gasteiger partial charge in [-0.25, -0.2) is 4.98 Å². The Kier molecular flexibility index (Phi) is 3.47. The minimum atomic E-state index is -0.184. The van der Waals surface area contributed by atoms with Crippen LogP contribution in [0.5, 0.6) is 0 Å². The summed E-state index contributed by atoms with van der Waals surface area (Å²) in [6.45, 7) is 6.41. The van der Waals surface area contributed by atoms with E-state index in [1.54, 1.807) is 17.0 Å². The van der Waals surface area contributed by atoms with E-state index in [2.05, 4.69) is 9.97 Å². The lowest BCUT2D eigenvalue weighted by Gasteiger charge is -2.15. The monoisotopic (exact) mass is 301 g/mol. The van der Waals surface area contributed by atoms with E-state index in [1.807, 2.05) is 26.8 Å². The Hall–Kier alpha value is -2.21. The van der Waals surface area contributed by atoms with E-state index in [-0.39, 0.29) is 5.91 Å². The van der Waals surface area contributed by atoms with Gasteiger partial charge >= 0.3 is 0 Å². The van der Waals surface area contributed by atoms with Gasteiger partial charge in [-0.15, -0.1) is 0 Å². The Morgan fingerprint density at radius 2 is 2.19 bits per heavy atom. The molecule has 0 saturated carbocycles. The second kappa shape index (κ2) is 5.29. The molecule has 0 spiro atoms. The van der Waals surface area contributed by atoms with Gasteiger partial charge in [-0.1, -0.05) is 11.3 Å². The zero-order chi connectivity index (χ0) is 15.0. The molecule has 0 aliphatic carbocycles. The van der Waals surface area contributed by atoms with Crippen molar-refractivity contribution in [1.82, 2.24) is 9.97 Å². The van der Waals surface area contributed by atoms with Crippen molar-refractivity contribution in [3.63, 3.8) is 0 Å². The summed E-state index contributed by atoms with van der Waals surface area (Å²) >= 11 is 1.48. The molecule has 0 atom stereocenters. The van der Waals surface area contributed by atoms with E-state index >= 15 is 0 Å². The first kappa shape index (κ1) is 13.8. The number of rotatable bonds is 3. The maximum absolute atomic E-state index is 12.4. The Morgan fingerprint density at radius 3 is 2.86 bits per heavy atom. The molecule has 0 aromatic carbocycles. The molecule has 0 fully saturated rings. The van der Waals surface area contributed by atoms with Crippen LogP contribution in [0.1, 0.15) is 28.7 Å². The van der Waals surface area contributed by atoms with E-state index in [1.165, 1.54) is 17.6 Å². The van der Waals surface area contributed by atoms with Crippen molar-refractivity contribution in [1.29, 1.82) is 0 Å². The van der Waals surface area contributed by atoms with Gasteiger partial charge < -0.3 is 4.42 Å². The molecule has 0 bridgehead atoms. The van der Waals surface area contributed by atoms with Crippen LogP contribution < -0.4 is 4.90 Å². The predicted octanol–water partition coefficient (Wildman–Crippen LogP) is 3.57. The minimum absolute atomic E-state index is 0.184. The summed E-state index contributed by atoms with van der Waals surface area (Å²) in [5.41, 5.74) is 2.75. The molecular formula is C15H15N3O2S. The number of amides is 1. The maximum atomic E-state index is 12.4. The van der Waals surface area contributed by atoms with Crippen LogP contribution in [0.3, 0.4) is 0 Å². The number of anilines is 1. The van der Waals surface area contributed by atoms with Crippen molar-refractivity contribution in [2.24, 2.45) is 0 Å². The molecule has 0 aliphatic rings. The molecule has 0 aliphatic heterocycles. The molecule has 0 N–H and O–H groups in total. The summed E-state index contributed by atoms with van der Waals surface area (Å²) < 4.78 is 6.20. The van der Waals surface area contributed by atoms with Gasteiger partial charge in [0.05, 0.1) is 11.0 Å². The number of nitrogens with zero attached hydrogens (tertiary/aromatic N) is 3. The zero-order valence-corrected chi connectivity index (χ0v) is 12.9. The van der Waals surface area contributed by atoms with Crippen LogP contribution in [0.15, 0.2) is 28.9 Å². The highest BCUT2D eigenvalue weighted by atomic mass is 32.1. The second-order valence-electron chi connectivity index (χ2n) is 4.76. The van der Waals surface area contributed by atoms with Gasteiger partial charge in [-0.05, 0) is 44.5 Å². The molecule has 3 aromatic rings. The summed E-state index contributed by atoms with van der Waals surface area (Å²) in [6, 6.07) is 5.38. The van der Waals surface area contributed by atoms with Crippen molar-refractivity contribution < 1.29 is 9.21 Å². The Balaban J connectivity index is 2.05. The predicted molar refractivity (Wildman–Crippen MR) is 82.9 cm³/mol. The molecule has 5 nitrogen and oxygen atoms in total. The third kappa shape index (κ3) is 2.42. The summed E-state index contributed by atoms with van der Waals surface area (Å²) in [4.78, 5) is 23.0. The first-order valence-electron chi connectivity index (χ1n) is 6.70. The smallest absolute Gasteiger partial charge is 0.295 e. The van der Waals surface area contributed by atoms with Crippen LogP contribution in [0.2, 0.25) is 0 Å². The van der Waals surface area contributed by atoms with Crippen molar-refractivity contribution in [2.75, 3.05) is 11.4 Å². The van der Waals surface area contributed by atoms with Crippen LogP contribution in [0.4, 0.5) is 5.13 Å². The van der Waals surface area contributed by atoms with Crippen molar-refractivity contribution in [3.05, 3.63) is 41.5 Å². The fourth-order valence-electron chi connectivity index (χ4n) is 2.23. The molecule has 3 heterocycles. The maximum Gasteiger partial charge on any atom is 0.295 e. The lowest BCUT2D eigenvalue weighted by Crippen LogP contribution is -2.30. The largest absolute Gasteiger partial charge is 0.459 e. The fourth-order valence-corrected chi connectivity index (χ4v) is 3.27. The molecule has 6 heteroatoms. The Labute approximate surface area is 126 Å². The van der Waals surface area contributed by atoms with Crippen LogP contribution in [0.25, 0.3) is 10.3 Å². The highest BCUT2D eigenvalue weighted by Gasteiger charge is 2.22. The number of carbonyl (C=O) groups is 1. The minimum Gasteiger partial charge on any atom is -0.459 e. The van der Waals surface area contributed by atoms with Gasteiger partial charge in [0.2, 0.25) is 0 Å². The number of pyridine rings is 1. The van der Waals surface area contributed by atoms with E-state index in [9.17, 15) is 4.79 Å². The van der Waals surface area contributed by atoms with Crippen LogP contribution in [-0.4, -0.2) is 22.4 Å². The van der Waals surface area contributed by atoms with Gasteiger partial charge in [0.1, 0.15) is 0 Å². The molecular weight excluding hydrogens is 286 g/mol. The fraction of sp³-hybridized carbons (Fsp3) is 0.267. The van der Waals surface area contributed by atoms with Crippen molar-refractivity contribution in [3.8, 4) is 0 Å². The van der Waals surface area contributed by atoms with Gasteiger partial charge in [0.25, 0.3) is 5.91 Å². The summed E-state index contributed by atoms with van der Waals surface area (Å²) in [6.07, 6.45) is 1.49. The zero-order valence-electron chi connectivity index (χ0n) is 12.1. The Morgan fingerprint density at radius 1 is 1.38 bits per heavy atom. The highest BCUT2D eigenvalue weighted by Crippen LogP contribution is 2.31. The molecule has 1 amide bonds. The van der Waals surface area contributed by atoms with Gasteiger partial charge in [0.15, 0.2) is 16.5 Å². The van der Waals surface area contributed by atoms with Gasteiger partial charge in [0, 0.05) is 12.2 Å². The standard InChI is InChI=1S/C15H15N3O2S/c1-4-18(14(19)11-6-5-7-20-11)15-17-13-12(21-15)9(2)8-10(3)16-13/h5-8H,4H2,1-3H3. The van der Waals surface area contributed by atoms with E-state index < -0.39 is 0 Å². The highest BCUT2D eigenvalue weighted by molar-refractivity contribution is 7.22.